The lowest BCUT2D eigenvalue weighted by Crippen LogP contribution is -2.19. The number of aliphatic hydroxyl groups is 1. The summed E-state index contributed by atoms with van der Waals surface area (Å²) in [5, 5.41) is 13.1. The van der Waals surface area contributed by atoms with Crippen LogP contribution in [0.1, 0.15) is 41.8 Å². The molecule has 5 nitrogen and oxygen atoms in total. The van der Waals surface area contributed by atoms with E-state index in [1.807, 2.05) is 6.92 Å². The van der Waals surface area contributed by atoms with Crippen LogP contribution >= 0.6 is 0 Å². The Kier molecular flexibility index (Phi) is 5.19. The Morgan fingerprint density at radius 2 is 1.92 bits per heavy atom. The number of hydrogen-bond donors (Lipinski definition) is 2. The van der Waals surface area contributed by atoms with Gasteiger partial charge in [0, 0.05) is 11.6 Å². The highest BCUT2D eigenvalue weighted by atomic mass is 19.1. The van der Waals surface area contributed by atoms with Crippen LogP contribution in [-0.4, -0.2) is 24.2 Å². The smallest absolute Gasteiger partial charge is 0.258 e. The number of hydrogen-bond acceptors (Lipinski definition) is 4. The monoisotopic (exact) mass is 345 g/mol. The fourth-order valence-corrected chi connectivity index (χ4v) is 2.75. The van der Waals surface area contributed by atoms with Crippen LogP contribution in [0.4, 0.5) is 10.1 Å². The molecule has 25 heavy (non-hydrogen) atoms. The van der Waals surface area contributed by atoms with Gasteiger partial charge in [0.2, 0.25) is 0 Å². The Morgan fingerprint density at radius 1 is 1.24 bits per heavy atom. The van der Waals surface area contributed by atoms with Gasteiger partial charge in [-0.3, -0.25) is 4.79 Å². The van der Waals surface area contributed by atoms with E-state index in [9.17, 15) is 14.3 Å². The van der Waals surface area contributed by atoms with Crippen molar-refractivity contribution in [3.63, 3.8) is 0 Å². The zero-order chi connectivity index (χ0) is 17.8. The molecule has 1 atom stereocenters. The summed E-state index contributed by atoms with van der Waals surface area (Å²) in [7, 11) is 0. The van der Waals surface area contributed by atoms with E-state index < -0.39 is 17.8 Å². The minimum absolute atomic E-state index is 0.0617. The molecule has 1 unspecified atom stereocenters. The first kappa shape index (κ1) is 17.2. The molecule has 2 N–H and O–H groups in total. The maximum absolute atomic E-state index is 13.8. The van der Waals surface area contributed by atoms with E-state index in [1.165, 1.54) is 18.2 Å². The van der Waals surface area contributed by atoms with Crippen molar-refractivity contribution in [3.8, 4) is 11.5 Å². The molecule has 3 rings (SSSR count). The molecule has 0 bridgehead atoms. The molecular formula is C19H20FNO4. The largest absolute Gasteiger partial charge is 0.486 e. The molecular weight excluding hydrogens is 325 g/mol. The molecule has 0 fully saturated rings. The number of benzene rings is 2. The number of carbonyl (C=O) groups is 1. The van der Waals surface area contributed by atoms with Gasteiger partial charge in [0.15, 0.2) is 11.5 Å². The Morgan fingerprint density at radius 3 is 2.60 bits per heavy atom. The second-order valence-electron chi connectivity index (χ2n) is 5.82. The molecule has 0 aromatic heterocycles. The normalized spacial score (nSPS) is 14.0. The van der Waals surface area contributed by atoms with Gasteiger partial charge in [-0.05, 0) is 24.6 Å². The molecule has 6 heteroatoms. The van der Waals surface area contributed by atoms with Crippen LogP contribution < -0.4 is 14.8 Å². The minimum atomic E-state index is -0.767. The first-order valence-electron chi connectivity index (χ1n) is 8.27. The predicted octanol–water partition coefficient (Wildman–Crippen LogP) is 3.68. The molecule has 1 amide bonds. The zero-order valence-electron chi connectivity index (χ0n) is 13.9. The molecule has 1 aliphatic rings. The highest BCUT2D eigenvalue weighted by Crippen LogP contribution is 2.39. The number of nitrogens with one attached hydrogen (secondary N) is 1. The van der Waals surface area contributed by atoms with Crippen LogP contribution in [0.3, 0.4) is 0 Å². The van der Waals surface area contributed by atoms with E-state index in [0.717, 1.165) is 6.42 Å². The minimum Gasteiger partial charge on any atom is -0.486 e. The Hall–Kier alpha value is -2.60. The van der Waals surface area contributed by atoms with Crippen LogP contribution in [0.15, 0.2) is 36.4 Å². The van der Waals surface area contributed by atoms with E-state index in [-0.39, 0.29) is 5.56 Å². The number of carbonyl (C=O) groups excluding carboxylic acids is 1. The van der Waals surface area contributed by atoms with Gasteiger partial charge < -0.3 is 19.9 Å². The molecule has 2 aromatic carbocycles. The topological polar surface area (TPSA) is 67.8 Å². The van der Waals surface area contributed by atoms with Crippen molar-refractivity contribution in [1.29, 1.82) is 0 Å². The van der Waals surface area contributed by atoms with Crippen molar-refractivity contribution in [2.45, 2.75) is 25.9 Å². The highest BCUT2D eigenvalue weighted by molar-refractivity contribution is 6.05. The third-order valence-corrected chi connectivity index (χ3v) is 4.00. The van der Waals surface area contributed by atoms with Crippen LogP contribution in [-0.2, 0) is 0 Å². The van der Waals surface area contributed by atoms with Crippen molar-refractivity contribution in [2.24, 2.45) is 0 Å². The zero-order valence-corrected chi connectivity index (χ0v) is 13.9. The van der Waals surface area contributed by atoms with Crippen molar-refractivity contribution >= 4 is 11.6 Å². The Balaban J connectivity index is 1.95. The van der Waals surface area contributed by atoms with Gasteiger partial charge in [-0.15, -0.1) is 0 Å². The van der Waals surface area contributed by atoms with E-state index >= 15 is 0 Å². The van der Waals surface area contributed by atoms with Crippen LogP contribution in [0.25, 0.3) is 0 Å². The van der Waals surface area contributed by atoms with Crippen LogP contribution in [0.2, 0.25) is 0 Å². The van der Waals surface area contributed by atoms with Gasteiger partial charge >= 0.3 is 0 Å². The fraction of sp³-hybridized carbons (Fsp3) is 0.316. The molecule has 0 radical (unpaired) electrons. The predicted molar refractivity (Wildman–Crippen MR) is 91.7 cm³/mol. The summed E-state index contributed by atoms with van der Waals surface area (Å²) < 4.78 is 24.9. The third-order valence-electron chi connectivity index (χ3n) is 4.00. The van der Waals surface area contributed by atoms with E-state index in [4.69, 9.17) is 9.47 Å². The van der Waals surface area contributed by atoms with E-state index in [1.54, 1.807) is 18.2 Å². The van der Waals surface area contributed by atoms with Crippen molar-refractivity contribution < 1.29 is 23.8 Å². The highest BCUT2D eigenvalue weighted by Gasteiger charge is 2.22. The molecule has 0 saturated carbocycles. The summed E-state index contributed by atoms with van der Waals surface area (Å²) in [6.45, 7) is 2.79. The second kappa shape index (κ2) is 7.53. The standard InChI is InChI=1S/C19H20FNO4/c1-2-5-16(22)13-10-17-18(25-9-8-24-17)11-15(13)21-19(23)12-6-3-4-7-14(12)20/h3-4,6-7,10-11,16,22H,2,5,8-9H2,1H3,(H,21,23). The SMILES string of the molecule is CCCC(O)c1cc2c(cc1NC(=O)c1ccccc1F)OCCO2. The maximum Gasteiger partial charge on any atom is 0.258 e. The molecule has 1 heterocycles. The molecule has 0 spiro atoms. The van der Waals surface area contributed by atoms with Crippen molar-refractivity contribution in [2.75, 3.05) is 18.5 Å². The first-order valence-corrected chi connectivity index (χ1v) is 8.27. The molecule has 1 aliphatic heterocycles. The van der Waals surface area contributed by atoms with Gasteiger partial charge in [0.1, 0.15) is 19.0 Å². The quantitative estimate of drug-likeness (QED) is 0.867. The first-order chi connectivity index (χ1) is 12.1. The van der Waals surface area contributed by atoms with E-state index in [2.05, 4.69) is 5.32 Å². The number of aliphatic hydroxyl groups excluding tert-OH is 1. The fourth-order valence-electron chi connectivity index (χ4n) is 2.75. The van der Waals surface area contributed by atoms with Gasteiger partial charge in [-0.2, -0.15) is 0 Å². The van der Waals surface area contributed by atoms with Gasteiger partial charge in [-0.25, -0.2) is 4.39 Å². The lowest BCUT2D eigenvalue weighted by molar-refractivity contribution is 0.102. The number of ether oxygens (including phenoxy) is 2. The summed E-state index contributed by atoms with van der Waals surface area (Å²) >= 11 is 0. The lowest BCUT2D eigenvalue weighted by Gasteiger charge is -2.23. The second-order valence-corrected chi connectivity index (χ2v) is 5.82. The van der Waals surface area contributed by atoms with E-state index in [0.29, 0.717) is 42.4 Å². The van der Waals surface area contributed by atoms with Gasteiger partial charge in [0.25, 0.3) is 5.91 Å². The number of halogens is 1. The van der Waals surface area contributed by atoms with Gasteiger partial charge in [0.05, 0.1) is 17.4 Å². The lowest BCUT2D eigenvalue weighted by atomic mass is 10.0. The average molecular weight is 345 g/mol. The number of anilines is 1. The van der Waals surface area contributed by atoms with Gasteiger partial charge in [-0.1, -0.05) is 25.5 Å². The summed E-state index contributed by atoms with van der Waals surface area (Å²) in [5.41, 5.74) is 0.850. The maximum atomic E-state index is 13.8. The Bertz CT molecular complexity index is 778. The number of amides is 1. The van der Waals surface area contributed by atoms with Crippen molar-refractivity contribution in [1.82, 2.24) is 0 Å². The molecule has 0 saturated heterocycles. The van der Waals surface area contributed by atoms with Crippen LogP contribution in [0.5, 0.6) is 11.5 Å². The van der Waals surface area contributed by atoms with Crippen molar-refractivity contribution in [3.05, 3.63) is 53.3 Å². The third kappa shape index (κ3) is 3.74. The summed E-state index contributed by atoms with van der Waals surface area (Å²) in [5.74, 6) is -0.171. The molecule has 132 valence electrons. The summed E-state index contributed by atoms with van der Waals surface area (Å²) in [6.07, 6.45) is 0.537. The molecule has 0 aliphatic carbocycles. The number of rotatable bonds is 5. The number of fused-ring (bicyclic) bond motifs is 1. The summed E-state index contributed by atoms with van der Waals surface area (Å²) in [4.78, 5) is 12.4. The summed E-state index contributed by atoms with van der Waals surface area (Å²) in [6, 6.07) is 9.03. The van der Waals surface area contributed by atoms with Crippen LogP contribution in [0, 0.1) is 5.82 Å². The Labute approximate surface area is 145 Å². The average Bonchev–Trinajstić information content (AvgIpc) is 2.61. The molecule has 2 aromatic rings.